The molecule has 0 radical (unpaired) electrons. The normalized spacial score (nSPS) is 12.4. The molecule has 0 spiro atoms. The van der Waals surface area contributed by atoms with Gasteiger partial charge in [0, 0.05) is 16.5 Å². The Bertz CT molecular complexity index is 1240. The van der Waals surface area contributed by atoms with Crippen LogP contribution in [0.1, 0.15) is 10.4 Å². The molecule has 5 rings (SSSR count). The van der Waals surface area contributed by atoms with Crippen molar-refractivity contribution in [2.45, 2.75) is 0 Å². The van der Waals surface area contributed by atoms with Crippen molar-refractivity contribution in [2.75, 3.05) is 12.1 Å². The van der Waals surface area contributed by atoms with Crippen LogP contribution >= 0.6 is 11.3 Å². The van der Waals surface area contributed by atoms with Crippen LogP contribution < -0.4 is 20.5 Å². The van der Waals surface area contributed by atoms with Gasteiger partial charge in [-0.1, -0.05) is 6.07 Å². The third kappa shape index (κ3) is 2.83. The van der Waals surface area contributed by atoms with E-state index in [1.807, 2.05) is 23.6 Å². The molecule has 8 nitrogen and oxygen atoms in total. The number of anilines is 1. The predicted molar refractivity (Wildman–Crippen MR) is 101 cm³/mol. The summed E-state index contributed by atoms with van der Waals surface area (Å²) in [6.07, 6.45) is 0. The van der Waals surface area contributed by atoms with E-state index in [9.17, 15) is 9.59 Å². The fourth-order valence-corrected chi connectivity index (χ4v) is 3.58. The number of hydrogen-bond donors (Lipinski definition) is 3. The van der Waals surface area contributed by atoms with E-state index in [-0.39, 0.29) is 18.4 Å². The van der Waals surface area contributed by atoms with E-state index >= 15 is 0 Å². The third-order valence-electron chi connectivity index (χ3n) is 4.17. The number of ether oxygens (including phenoxy) is 2. The van der Waals surface area contributed by atoms with Gasteiger partial charge in [0.25, 0.3) is 5.91 Å². The van der Waals surface area contributed by atoms with Gasteiger partial charge >= 0.3 is 5.69 Å². The Morgan fingerprint density at radius 2 is 1.93 bits per heavy atom. The number of nitrogens with one attached hydrogen (secondary N) is 3. The maximum Gasteiger partial charge on any atom is 0.323 e. The van der Waals surface area contributed by atoms with Crippen LogP contribution in [0, 0.1) is 0 Å². The van der Waals surface area contributed by atoms with Crippen molar-refractivity contribution in [3.8, 4) is 22.8 Å². The zero-order chi connectivity index (χ0) is 18.4. The number of carbonyl (C=O) groups excluding carboxylic acids is 1. The average Bonchev–Trinajstić information content (AvgIpc) is 3.38. The highest BCUT2D eigenvalue weighted by Crippen LogP contribution is 2.33. The molecule has 3 N–H and O–H groups in total. The van der Waals surface area contributed by atoms with E-state index in [0.29, 0.717) is 33.4 Å². The molecule has 4 aromatic rings. The highest BCUT2D eigenvalue weighted by molar-refractivity contribution is 7.14. The molecule has 0 unspecified atom stereocenters. The van der Waals surface area contributed by atoms with Crippen LogP contribution in [0.2, 0.25) is 0 Å². The number of aromatic nitrogens is 3. The quantitative estimate of drug-likeness (QED) is 0.506. The number of H-pyrrole nitrogens is 2. The van der Waals surface area contributed by atoms with E-state index < -0.39 is 0 Å². The molecule has 0 atom stereocenters. The van der Waals surface area contributed by atoms with Crippen LogP contribution in [0.15, 0.2) is 46.6 Å². The Hall–Kier alpha value is -3.59. The lowest BCUT2D eigenvalue weighted by atomic mass is 10.1. The van der Waals surface area contributed by atoms with Gasteiger partial charge in [-0.05, 0) is 30.3 Å². The lowest BCUT2D eigenvalue weighted by molar-refractivity contribution is 0.102. The smallest absolute Gasteiger partial charge is 0.323 e. The second-order valence-corrected chi connectivity index (χ2v) is 6.76. The average molecular weight is 380 g/mol. The van der Waals surface area contributed by atoms with Gasteiger partial charge in [0.05, 0.1) is 16.7 Å². The maximum atomic E-state index is 12.5. The molecule has 0 bridgehead atoms. The minimum absolute atomic E-state index is 0.160. The van der Waals surface area contributed by atoms with Crippen LogP contribution in [0.5, 0.6) is 11.5 Å². The van der Waals surface area contributed by atoms with Gasteiger partial charge in [0.2, 0.25) is 6.79 Å². The number of carbonyl (C=O) groups is 1. The molecule has 9 heteroatoms. The summed E-state index contributed by atoms with van der Waals surface area (Å²) >= 11 is 1.32. The van der Waals surface area contributed by atoms with Crippen molar-refractivity contribution in [1.82, 2.24) is 15.0 Å². The van der Waals surface area contributed by atoms with Crippen LogP contribution in [-0.2, 0) is 0 Å². The van der Waals surface area contributed by atoms with Crippen molar-refractivity contribution in [3.63, 3.8) is 0 Å². The van der Waals surface area contributed by atoms with E-state index in [1.54, 1.807) is 18.2 Å². The fourth-order valence-electron chi connectivity index (χ4n) is 2.86. The minimum atomic E-state index is -0.278. The molecule has 0 fully saturated rings. The molecule has 27 heavy (non-hydrogen) atoms. The van der Waals surface area contributed by atoms with Crippen LogP contribution in [-0.4, -0.2) is 27.7 Å². The Kier molecular flexibility index (Phi) is 3.47. The summed E-state index contributed by atoms with van der Waals surface area (Å²) in [5.41, 5.74) is 3.20. The lowest BCUT2D eigenvalue weighted by Crippen LogP contribution is -2.11. The van der Waals surface area contributed by atoms with Gasteiger partial charge in [-0.15, -0.1) is 11.3 Å². The molecule has 1 amide bonds. The minimum Gasteiger partial charge on any atom is -0.454 e. The zero-order valence-corrected chi connectivity index (χ0v) is 14.6. The van der Waals surface area contributed by atoms with E-state index in [4.69, 9.17) is 9.47 Å². The molecule has 1 aliphatic heterocycles. The number of imidazole rings is 1. The lowest BCUT2D eigenvalue weighted by Gasteiger charge is -2.03. The van der Waals surface area contributed by atoms with Gasteiger partial charge in [0.15, 0.2) is 16.6 Å². The van der Waals surface area contributed by atoms with Crippen molar-refractivity contribution in [3.05, 3.63) is 57.8 Å². The number of rotatable bonds is 3. The van der Waals surface area contributed by atoms with Crippen molar-refractivity contribution in [2.24, 2.45) is 0 Å². The summed E-state index contributed by atoms with van der Waals surface area (Å²) in [5.74, 6) is 0.900. The standard InChI is InChI=1S/C18H12N4O4S/c23-16(10-2-4-14-15(6-10)26-8-25-14)22-18-21-13(7-27-18)9-1-3-11-12(5-9)20-17(24)19-11/h1-7H,8H2,(H2,19,20,24)(H,21,22,23). The van der Waals surface area contributed by atoms with E-state index in [1.165, 1.54) is 11.3 Å². The first-order valence-electron chi connectivity index (χ1n) is 8.05. The Morgan fingerprint density at radius 3 is 2.85 bits per heavy atom. The van der Waals surface area contributed by atoms with Crippen LogP contribution in [0.25, 0.3) is 22.3 Å². The molecule has 2 aromatic carbocycles. The highest BCUT2D eigenvalue weighted by Gasteiger charge is 2.17. The molecule has 1 aliphatic rings. The summed E-state index contributed by atoms with van der Waals surface area (Å²) in [4.78, 5) is 33.7. The summed E-state index contributed by atoms with van der Waals surface area (Å²) in [6.45, 7) is 0.160. The number of amides is 1. The van der Waals surface area contributed by atoms with Gasteiger partial charge in [-0.3, -0.25) is 10.1 Å². The maximum absolute atomic E-state index is 12.5. The van der Waals surface area contributed by atoms with Gasteiger partial charge in [-0.2, -0.15) is 0 Å². The Labute approximate surface area is 155 Å². The molecule has 0 aliphatic carbocycles. The number of thiazole rings is 1. The zero-order valence-electron chi connectivity index (χ0n) is 13.7. The van der Waals surface area contributed by atoms with Crippen molar-refractivity contribution in [1.29, 1.82) is 0 Å². The summed E-state index contributed by atoms with van der Waals surface area (Å²) in [5, 5.41) is 5.12. The SMILES string of the molecule is O=C(Nc1nc(-c2ccc3[nH]c(=O)[nH]c3c2)cs1)c1ccc2c(c1)OCO2. The number of nitrogens with zero attached hydrogens (tertiary/aromatic N) is 1. The van der Waals surface area contributed by atoms with Gasteiger partial charge in [-0.25, -0.2) is 9.78 Å². The first kappa shape index (κ1) is 15.6. The summed E-state index contributed by atoms with van der Waals surface area (Å²) < 4.78 is 10.5. The molecule has 134 valence electrons. The third-order valence-corrected chi connectivity index (χ3v) is 4.93. The molecule has 3 heterocycles. The molecular weight excluding hydrogens is 368 g/mol. The molecule has 0 saturated carbocycles. The number of fused-ring (bicyclic) bond motifs is 2. The topological polar surface area (TPSA) is 109 Å². The second-order valence-electron chi connectivity index (χ2n) is 5.90. The number of hydrogen-bond acceptors (Lipinski definition) is 6. The fraction of sp³-hybridized carbons (Fsp3) is 0.0556. The van der Waals surface area contributed by atoms with E-state index in [2.05, 4.69) is 20.3 Å². The van der Waals surface area contributed by atoms with Gasteiger partial charge in [0.1, 0.15) is 0 Å². The predicted octanol–water partition coefficient (Wildman–Crippen LogP) is 2.96. The van der Waals surface area contributed by atoms with Crippen LogP contribution in [0.4, 0.5) is 5.13 Å². The number of benzene rings is 2. The molecule has 0 saturated heterocycles. The largest absolute Gasteiger partial charge is 0.454 e. The second kappa shape index (κ2) is 5.99. The van der Waals surface area contributed by atoms with Crippen LogP contribution in [0.3, 0.4) is 0 Å². The van der Waals surface area contributed by atoms with Crippen molar-refractivity contribution >= 4 is 33.4 Å². The monoisotopic (exact) mass is 380 g/mol. The Balaban J connectivity index is 1.38. The molecular formula is C18H12N4O4S. The van der Waals surface area contributed by atoms with E-state index in [0.717, 1.165) is 11.1 Å². The highest BCUT2D eigenvalue weighted by atomic mass is 32.1. The summed E-state index contributed by atoms with van der Waals surface area (Å²) in [7, 11) is 0. The first-order valence-corrected chi connectivity index (χ1v) is 8.93. The summed E-state index contributed by atoms with van der Waals surface area (Å²) in [6, 6.07) is 10.5. The number of aromatic amines is 2. The Morgan fingerprint density at radius 1 is 1.07 bits per heavy atom. The van der Waals surface area contributed by atoms with Gasteiger partial charge < -0.3 is 19.4 Å². The molecule has 2 aromatic heterocycles. The van der Waals surface area contributed by atoms with Crippen molar-refractivity contribution < 1.29 is 14.3 Å². The first-order chi connectivity index (χ1) is 13.2.